The summed E-state index contributed by atoms with van der Waals surface area (Å²) in [5.41, 5.74) is 2.24. The quantitative estimate of drug-likeness (QED) is 0.740. The minimum Gasteiger partial charge on any atom is -0.312 e. The van der Waals surface area contributed by atoms with Crippen LogP contribution in [0.1, 0.15) is 12.5 Å². The van der Waals surface area contributed by atoms with E-state index in [4.69, 9.17) is 12.2 Å². The minimum absolute atomic E-state index is 0.827. The second-order valence-corrected chi connectivity index (χ2v) is 4.54. The fourth-order valence-electron chi connectivity index (χ4n) is 1.69. The number of para-hydroxylation sites is 1. The Morgan fingerprint density at radius 2 is 1.50 bits per heavy atom. The van der Waals surface area contributed by atoms with Gasteiger partial charge in [-0.05, 0) is 30.7 Å². The minimum atomic E-state index is 0.827. The zero-order valence-corrected chi connectivity index (χ0v) is 11.1. The molecular weight excluding hydrogens is 238 g/mol. The molecule has 0 saturated heterocycles. The number of hydrogen-bond acceptors (Lipinski definition) is 1. The SMILES string of the molecule is CC(=S)N(/C=C/c1ccccc1)c1ccccc1. The first kappa shape index (κ1) is 12.5. The normalized spacial score (nSPS) is 10.5. The highest BCUT2D eigenvalue weighted by Crippen LogP contribution is 2.15. The van der Waals surface area contributed by atoms with Gasteiger partial charge in [-0.3, -0.25) is 0 Å². The van der Waals surface area contributed by atoms with Gasteiger partial charge in [0, 0.05) is 11.9 Å². The van der Waals surface area contributed by atoms with E-state index in [0.29, 0.717) is 0 Å². The fourth-order valence-corrected chi connectivity index (χ4v) is 1.85. The van der Waals surface area contributed by atoms with Crippen LogP contribution in [0, 0.1) is 0 Å². The lowest BCUT2D eigenvalue weighted by molar-refractivity contribution is 1.37. The van der Waals surface area contributed by atoms with Gasteiger partial charge in [0.15, 0.2) is 0 Å². The van der Waals surface area contributed by atoms with Crippen LogP contribution in [-0.4, -0.2) is 4.99 Å². The molecule has 90 valence electrons. The number of benzene rings is 2. The third-order valence-electron chi connectivity index (χ3n) is 2.59. The molecule has 1 nitrogen and oxygen atoms in total. The predicted octanol–water partition coefficient (Wildman–Crippen LogP) is 4.51. The van der Waals surface area contributed by atoms with Crippen LogP contribution in [0.25, 0.3) is 6.08 Å². The topological polar surface area (TPSA) is 3.24 Å². The number of anilines is 1. The van der Waals surface area contributed by atoms with E-state index in [-0.39, 0.29) is 0 Å². The zero-order chi connectivity index (χ0) is 12.8. The number of rotatable bonds is 3. The van der Waals surface area contributed by atoms with E-state index >= 15 is 0 Å². The largest absolute Gasteiger partial charge is 0.312 e. The van der Waals surface area contributed by atoms with E-state index in [9.17, 15) is 0 Å². The Morgan fingerprint density at radius 3 is 2.06 bits per heavy atom. The third-order valence-corrected chi connectivity index (χ3v) is 2.79. The second-order valence-electron chi connectivity index (χ2n) is 3.95. The zero-order valence-electron chi connectivity index (χ0n) is 10.3. The van der Waals surface area contributed by atoms with Gasteiger partial charge in [0.05, 0.1) is 4.99 Å². The molecule has 0 fully saturated rings. The average molecular weight is 253 g/mol. The van der Waals surface area contributed by atoms with E-state index in [1.54, 1.807) is 0 Å². The summed E-state index contributed by atoms with van der Waals surface area (Å²) < 4.78 is 0. The summed E-state index contributed by atoms with van der Waals surface area (Å²) >= 11 is 5.29. The van der Waals surface area contributed by atoms with Crippen molar-refractivity contribution in [1.82, 2.24) is 0 Å². The predicted molar refractivity (Wildman–Crippen MR) is 82.7 cm³/mol. The molecule has 0 spiro atoms. The lowest BCUT2D eigenvalue weighted by Crippen LogP contribution is -2.19. The number of hydrogen-bond donors (Lipinski definition) is 0. The van der Waals surface area contributed by atoms with E-state index in [0.717, 1.165) is 16.2 Å². The van der Waals surface area contributed by atoms with Crippen molar-refractivity contribution in [2.75, 3.05) is 4.90 Å². The molecule has 0 aliphatic heterocycles. The summed E-state index contributed by atoms with van der Waals surface area (Å²) in [5.74, 6) is 0. The van der Waals surface area contributed by atoms with Gasteiger partial charge >= 0.3 is 0 Å². The molecule has 0 bridgehead atoms. The summed E-state index contributed by atoms with van der Waals surface area (Å²) in [4.78, 5) is 2.83. The van der Waals surface area contributed by atoms with Crippen molar-refractivity contribution < 1.29 is 0 Å². The van der Waals surface area contributed by atoms with E-state index in [1.165, 1.54) is 0 Å². The van der Waals surface area contributed by atoms with E-state index in [2.05, 4.69) is 18.2 Å². The Morgan fingerprint density at radius 1 is 0.944 bits per heavy atom. The van der Waals surface area contributed by atoms with E-state index < -0.39 is 0 Å². The van der Waals surface area contributed by atoms with Crippen molar-refractivity contribution in [3.63, 3.8) is 0 Å². The lowest BCUT2D eigenvalue weighted by atomic mass is 10.2. The molecule has 18 heavy (non-hydrogen) atoms. The van der Waals surface area contributed by atoms with Crippen LogP contribution in [0.2, 0.25) is 0 Å². The molecule has 0 aliphatic carbocycles. The van der Waals surface area contributed by atoms with Gasteiger partial charge in [0.25, 0.3) is 0 Å². The highest BCUT2D eigenvalue weighted by Gasteiger charge is 2.03. The molecule has 0 heterocycles. The first-order valence-electron chi connectivity index (χ1n) is 5.85. The molecule has 0 atom stereocenters. The van der Waals surface area contributed by atoms with E-state index in [1.807, 2.05) is 66.6 Å². The molecular formula is C16H15NS. The lowest BCUT2D eigenvalue weighted by Gasteiger charge is -2.18. The van der Waals surface area contributed by atoms with Gasteiger partial charge < -0.3 is 4.90 Å². The van der Waals surface area contributed by atoms with Crippen LogP contribution in [0.15, 0.2) is 66.9 Å². The Bertz CT molecular complexity index is 532. The molecule has 0 unspecified atom stereocenters. The van der Waals surface area contributed by atoms with Gasteiger partial charge in [-0.15, -0.1) is 0 Å². The molecule has 0 N–H and O–H groups in total. The second kappa shape index (κ2) is 6.12. The van der Waals surface area contributed by atoms with Crippen molar-refractivity contribution in [3.8, 4) is 0 Å². The molecule has 2 rings (SSSR count). The van der Waals surface area contributed by atoms with Crippen molar-refractivity contribution >= 4 is 29.0 Å². The number of thiocarbonyl (C=S) groups is 1. The summed E-state index contributed by atoms with van der Waals surface area (Å²) in [6.45, 7) is 1.93. The third kappa shape index (κ3) is 3.28. The van der Waals surface area contributed by atoms with Crippen molar-refractivity contribution in [3.05, 3.63) is 72.4 Å². The maximum Gasteiger partial charge on any atom is 0.0833 e. The van der Waals surface area contributed by atoms with Crippen LogP contribution in [-0.2, 0) is 0 Å². The van der Waals surface area contributed by atoms with Crippen LogP contribution in [0.5, 0.6) is 0 Å². The smallest absolute Gasteiger partial charge is 0.0833 e. The summed E-state index contributed by atoms with van der Waals surface area (Å²) in [7, 11) is 0. The van der Waals surface area contributed by atoms with Crippen LogP contribution >= 0.6 is 12.2 Å². The summed E-state index contributed by atoms with van der Waals surface area (Å²) in [6, 6.07) is 20.3. The van der Waals surface area contributed by atoms with Crippen LogP contribution in [0.3, 0.4) is 0 Å². The molecule has 0 amide bonds. The molecule has 2 aromatic rings. The van der Waals surface area contributed by atoms with Crippen molar-refractivity contribution in [2.45, 2.75) is 6.92 Å². The molecule has 0 radical (unpaired) electrons. The Hall–Kier alpha value is -1.93. The standard InChI is InChI=1S/C16H15NS/c1-14(18)17(16-10-6-3-7-11-16)13-12-15-8-4-2-5-9-15/h2-13H,1H3/b13-12+. The highest BCUT2D eigenvalue weighted by atomic mass is 32.1. The first-order chi connectivity index (χ1) is 8.77. The molecule has 2 heteroatoms. The van der Waals surface area contributed by atoms with Gasteiger partial charge in [-0.1, -0.05) is 60.7 Å². The summed E-state index contributed by atoms with van der Waals surface area (Å²) in [6.07, 6.45) is 4.07. The Labute approximate surface area is 113 Å². The fraction of sp³-hybridized carbons (Fsp3) is 0.0625. The summed E-state index contributed by atoms with van der Waals surface area (Å²) in [5, 5.41) is 0. The molecule has 0 aromatic heterocycles. The molecule has 0 aliphatic rings. The molecule has 0 saturated carbocycles. The highest BCUT2D eigenvalue weighted by molar-refractivity contribution is 7.80. The van der Waals surface area contributed by atoms with Gasteiger partial charge in [-0.2, -0.15) is 0 Å². The average Bonchev–Trinajstić information content (AvgIpc) is 2.41. The van der Waals surface area contributed by atoms with Gasteiger partial charge in [-0.25, -0.2) is 0 Å². The Balaban J connectivity index is 2.23. The number of nitrogens with zero attached hydrogens (tertiary/aromatic N) is 1. The Kier molecular flexibility index (Phi) is 4.26. The monoisotopic (exact) mass is 253 g/mol. The maximum absolute atomic E-state index is 5.29. The maximum atomic E-state index is 5.29. The van der Waals surface area contributed by atoms with Crippen molar-refractivity contribution in [1.29, 1.82) is 0 Å². The van der Waals surface area contributed by atoms with Gasteiger partial charge in [0.2, 0.25) is 0 Å². The van der Waals surface area contributed by atoms with Crippen LogP contribution in [0.4, 0.5) is 5.69 Å². The van der Waals surface area contributed by atoms with Crippen molar-refractivity contribution in [2.24, 2.45) is 0 Å². The van der Waals surface area contributed by atoms with Crippen LogP contribution < -0.4 is 4.90 Å². The van der Waals surface area contributed by atoms with Gasteiger partial charge in [0.1, 0.15) is 0 Å². The molecule has 2 aromatic carbocycles. The first-order valence-corrected chi connectivity index (χ1v) is 6.26.